The molecule has 18 heavy (non-hydrogen) atoms. The van der Waals surface area contributed by atoms with Gasteiger partial charge in [-0.25, -0.2) is 13.8 Å². The molecule has 0 fully saturated rings. The first kappa shape index (κ1) is 11.8. The van der Waals surface area contributed by atoms with Crippen LogP contribution >= 0.6 is 27.3 Å². The number of benzene rings is 1. The molecular weight excluding hydrogens is 322 g/mol. The van der Waals surface area contributed by atoms with Gasteiger partial charge in [0.15, 0.2) is 11.6 Å². The molecule has 6 heteroatoms. The van der Waals surface area contributed by atoms with Crippen LogP contribution in [0.15, 0.2) is 34.4 Å². The summed E-state index contributed by atoms with van der Waals surface area (Å²) >= 11 is 4.98. The molecule has 0 saturated heterocycles. The lowest BCUT2D eigenvalue weighted by Gasteiger charge is -2.02. The number of nitrogens with zero attached hydrogens (tertiary/aromatic N) is 2. The molecule has 0 atom stereocenters. The molecule has 0 bridgehead atoms. The van der Waals surface area contributed by atoms with Gasteiger partial charge in [-0.2, -0.15) is 0 Å². The Balaban J connectivity index is 2.04. The highest BCUT2D eigenvalue weighted by Crippen LogP contribution is 2.23. The van der Waals surface area contributed by atoms with Crippen molar-refractivity contribution in [3.8, 4) is 0 Å². The van der Waals surface area contributed by atoms with E-state index in [4.69, 9.17) is 0 Å². The molecule has 3 rings (SSSR count). The summed E-state index contributed by atoms with van der Waals surface area (Å²) in [6.07, 6.45) is 1.59. The molecule has 0 aliphatic carbocycles. The molecule has 2 heterocycles. The standard InChI is InChI=1S/C12H7BrF2N2S/c13-7-1-8(18-5-7)4-17-6-16-11-2-9(14)10(15)3-12(11)17/h1-3,5-6H,4H2. The number of thiophene rings is 1. The number of fused-ring (bicyclic) bond motifs is 1. The van der Waals surface area contributed by atoms with Gasteiger partial charge in [0.2, 0.25) is 0 Å². The van der Waals surface area contributed by atoms with Gasteiger partial charge in [-0.15, -0.1) is 11.3 Å². The van der Waals surface area contributed by atoms with E-state index in [1.807, 2.05) is 11.4 Å². The Labute approximate surface area is 114 Å². The average molecular weight is 329 g/mol. The molecule has 3 aromatic rings. The average Bonchev–Trinajstić information content (AvgIpc) is 2.89. The van der Waals surface area contributed by atoms with Crippen LogP contribution < -0.4 is 0 Å². The second-order valence-corrected chi connectivity index (χ2v) is 5.77. The number of imidazole rings is 1. The van der Waals surface area contributed by atoms with Crippen molar-refractivity contribution in [3.05, 3.63) is 50.9 Å². The normalized spacial score (nSPS) is 11.3. The fraction of sp³-hybridized carbons (Fsp3) is 0.0833. The number of hydrogen-bond donors (Lipinski definition) is 0. The summed E-state index contributed by atoms with van der Waals surface area (Å²) in [5.41, 5.74) is 1.06. The van der Waals surface area contributed by atoms with Crippen LogP contribution in [0.1, 0.15) is 4.88 Å². The zero-order valence-corrected chi connectivity index (χ0v) is 11.4. The van der Waals surface area contributed by atoms with Crippen molar-refractivity contribution in [2.75, 3.05) is 0 Å². The third-order valence-corrected chi connectivity index (χ3v) is 4.29. The minimum absolute atomic E-state index is 0.463. The Morgan fingerprint density at radius 1 is 1.22 bits per heavy atom. The van der Waals surface area contributed by atoms with Crippen molar-refractivity contribution in [1.29, 1.82) is 0 Å². The maximum Gasteiger partial charge on any atom is 0.161 e. The lowest BCUT2D eigenvalue weighted by atomic mass is 10.3. The third-order valence-electron chi connectivity index (χ3n) is 2.61. The van der Waals surface area contributed by atoms with Crippen LogP contribution in [0.4, 0.5) is 8.78 Å². The van der Waals surface area contributed by atoms with Crippen molar-refractivity contribution in [2.24, 2.45) is 0 Å². The van der Waals surface area contributed by atoms with Gasteiger partial charge in [0.05, 0.1) is 23.9 Å². The Hall–Kier alpha value is -1.27. The second-order valence-electron chi connectivity index (χ2n) is 3.86. The molecule has 92 valence electrons. The topological polar surface area (TPSA) is 17.8 Å². The molecule has 0 N–H and O–H groups in total. The van der Waals surface area contributed by atoms with E-state index >= 15 is 0 Å². The molecular formula is C12H7BrF2N2S. The molecule has 0 aliphatic rings. The predicted molar refractivity (Wildman–Crippen MR) is 70.8 cm³/mol. The van der Waals surface area contributed by atoms with Gasteiger partial charge < -0.3 is 4.57 Å². The third kappa shape index (κ3) is 2.06. The van der Waals surface area contributed by atoms with Crippen molar-refractivity contribution in [2.45, 2.75) is 6.54 Å². The number of halogens is 3. The first-order valence-electron chi connectivity index (χ1n) is 5.16. The second kappa shape index (κ2) is 4.44. The number of aromatic nitrogens is 2. The van der Waals surface area contributed by atoms with Crippen LogP contribution in [-0.4, -0.2) is 9.55 Å². The number of hydrogen-bond acceptors (Lipinski definition) is 2. The van der Waals surface area contributed by atoms with E-state index in [9.17, 15) is 8.78 Å². The maximum atomic E-state index is 13.2. The zero-order valence-electron chi connectivity index (χ0n) is 9.03. The zero-order chi connectivity index (χ0) is 12.7. The van der Waals surface area contributed by atoms with Gasteiger partial charge in [-0.05, 0) is 22.0 Å². The lowest BCUT2D eigenvalue weighted by molar-refractivity contribution is 0.510. The summed E-state index contributed by atoms with van der Waals surface area (Å²) in [5.74, 6) is -1.72. The van der Waals surface area contributed by atoms with E-state index in [1.165, 1.54) is 6.07 Å². The van der Waals surface area contributed by atoms with Gasteiger partial charge in [0.25, 0.3) is 0 Å². The Morgan fingerprint density at radius 3 is 2.72 bits per heavy atom. The first-order valence-corrected chi connectivity index (χ1v) is 6.83. The van der Waals surface area contributed by atoms with Crippen molar-refractivity contribution >= 4 is 38.3 Å². The Morgan fingerprint density at radius 2 is 2.00 bits per heavy atom. The highest BCUT2D eigenvalue weighted by Gasteiger charge is 2.09. The van der Waals surface area contributed by atoms with Gasteiger partial charge in [-0.3, -0.25) is 0 Å². The van der Waals surface area contributed by atoms with Gasteiger partial charge in [-0.1, -0.05) is 0 Å². The summed E-state index contributed by atoms with van der Waals surface area (Å²) < 4.78 is 29.1. The summed E-state index contributed by atoms with van der Waals surface area (Å²) in [6, 6.07) is 4.29. The minimum atomic E-state index is -0.869. The van der Waals surface area contributed by atoms with E-state index in [-0.39, 0.29) is 0 Å². The van der Waals surface area contributed by atoms with E-state index in [2.05, 4.69) is 20.9 Å². The molecule has 0 spiro atoms. The Kier molecular flexibility index (Phi) is 2.91. The van der Waals surface area contributed by atoms with Crippen LogP contribution in [0, 0.1) is 11.6 Å². The molecule has 0 unspecified atom stereocenters. The van der Waals surface area contributed by atoms with Crippen molar-refractivity contribution in [1.82, 2.24) is 9.55 Å². The largest absolute Gasteiger partial charge is 0.325 e. The van der Waals surface area contributed by atoms with Crippen LogP contribution in [-0.2, 0) is 6.54 Å². The van der Waals surface area contributed by atoms with E-state index in [0.29, 0.717) is 17.6 Å². The molecule has 2 nitrogen and oxygen atoms in total. The fourth-order valence-corrected chi connectivity index (χ4v) is 3.23. The quantitative estimate of drug-likeness (QED) is 0.689. The van der Waals surface area contributed by atoms with Crippen molar-refractivity contribution < 1.29 is 8.78 Å². The van der Waals surface area contributed by atoms with Gasteiger partial charge in [0.1, 0.15) is 0 Å². The van der Waals surface area contributed by atoms with Crippen LogP contribution in [0.25, 0.3) is 11.0 Å². The lowest BCUT2D eigenvalue weighted by Crippen LogP contribution is -1.96. The molecule has 0 saturated carbocycles. The summed E-state index contributed by atoms with van der Waals surface area (Å²) in [5, 5.41) is 1.98. The highest BCUT2D eigenvalue weighted by molar-refractivity contribution is 9.10. The molecule has 0 amide bonds. The van der Waals surface area contributed by atoms with Crippen molar-refractivity contribution in [3.63, 3.8) is 0 Å². The highest BCUT2D eigenvalue weighted by atomic mass is 79.9. The minimum Gasteiger partial charge on any atom is -0.325 e. The van der Waals surface area contributed by atoms with Crippen LogP contribution in [0.2, 0.25) is 0 Å². The summed E-state index contributed by atoms with van der Waals surface area (Å²) in [7, 11) is 0. The Bertz CT molecular complexity index is 720. The van der Waals surface area contributed by atoms with Gasteiger partial charge in [0, 0.05) is 26.9 Å². The molecule has 2 aromatic heterocycles. The monoisotopic (exact) mass is 328 g/mol. The molecule has 0 radical (unpaired) electrons. The predicted octanol–water partition coefficient (Wildman–Crippen LogP) is 4.19. The maximum absolute atomic E-state index is 13.2. The number of rotatable bonds is 2. The molecule has 0 aliphatic heterocycles. The summed E-state index contributed by atoms with van der Waals surface area (Å²) in [4.78, 5) is 5.19. The van der Waals surface area contributed by atoms with Crippen LogP contribution in [0.3, 0.4) is 0 Å². The van der Waals surface area contributed by atoms with E-state index in [1.54, 1.807) is 22.2 Å². The summed E-state index contributed by atoms with van der Waals surface area (Å²) in [6.45, 7) is 0.595. The first-order chi connectivity index (χ1) is 8.63. The van der Waals surface area contributed by atoms with Gasteiger partial charge >= 0.3 is 0 Å². The van der Waals surface area contributed by atoms with E-state index in [0.717, 1.165) is 15.4 Å². The fourth-order valence-electron chi connectivity index (χ4n) is 1.78. The smallest absolute Gasteiger partial charge is 0.161 e. The molecule has 1 aromatic carbocycles. The SMILES string of the molecule is Fc1cc2ncn(Cc3cc(Br)cs3)c2cc1F. The van der Waals surface area contributed by atoms with Crippen LogP contribution in [0.5, 0.6) is 0 Å². The van der Waals surface area contributed by atoms with E-state index < -0.39 is 11.6 Å².